The van der Waals surface area contributed by atoms with E-state index in [2.05, 4.69) is 66.8 Å². The molecule has 4 heterocycles. The molecular formula is C20H29N7. The zero-order valence-electron chi connectivity index (χ0n) is 16.1. The average Bonchev–Trinajstić information content (AvgIpc) is 2.74. The Labute approximate surface area is 161 Å². The molecular weight excluding hydrogens is 338 g/mol. The molecule has 0 amide bonds. The molecule has 7 nitrogen and oxygen atoms in total. The third kappa shape index (κ3) is 4.60. The number of pyridine rings is 2. The van der Waals surface area contributed by atoms with Crippen LogP contribution in [0.4, 0.5) is 23.0 Å². The number of aromatic nitrogens is 2. The molecule has 0 radical (unpaired) electrons. The molecule has 2 aliphatic heterocycles. The average molecular weight is 368 g/mol. The molecule has 0 aromatic carbocycles. The van der Waals surface area contributed by atoms with E-state index in [-0.39, 0.29) is 0 Å². The topological polar surface area (TPSA) is 59.6 Å². The van der Waals surface area contributed by atoms with Gasteiger partial charge in [0.1, 0.15) is 11.6 Å². The summed E-state index contributed by atoms with van der Waals surface area (Å²) in [5.41, 5.74) is 8.29. The third-order valence-corrected chi connectivity index (χ3v) is 5.35. The number of likely N-dealkylation sites (N-methyl/N-ethyl adjacent to an activating group) is 1. The van der Waals surface area contributed by atoms with Gasteiger partial charge in [-0.3, -0.25) is 10.9 Å². The van der Waals surface area contributed by atoms with E-state index < -0.39 is 0 Å². The van der Waals surface area contributed by atoms with Crippen molar-refractivity contribution in [1.29, 1.82) is 0 Å². The summed E-state index contributed by atoms with van der Waals surface area (Å²) in [5.74, 6) is 2.11. The molecule has 27 heavy (non-hydrogen) atoms. The normalized spacial score (nSPS) is 18.4. The smallest absolute Gasteiger partial charge is 0.128 e. The largest absolute Gasteiger partial charge is 0.357 e. The van der Waals surface area contributed by atoms with Crippen LogP contribution in [0.5, 0.6) is 0 Å². The van der Waals surface area contributed by atoms with Gasteiger partial charge >= 0.3 is 0 Å². The van der Waals surface area contributed by atoms with Gasteiger partial charge in [0.2, 0.25) is 0 Å². The van der Waals surface area contributed by atoms with Gasteiger partial charge < -0.3 is 14.7 Å². The fraction of sp³-hybridized carbons (Fsp3) is 0.500. The summed E-state index contributed by atoms with van der Waals surface area (Å²) < 4.78 is 0. The minimum absolute atomic E-state index is 0.938. The lowest BCUT2D eigenvalue weighted by Crippen LogP contribution is -2.44. The van der Waals surface area contributed by atoms with Crippen LogP contribution < -0.4 is 20.7 Å². The van der Waals surface area contributed by atoms with E-state index >= 15 is 0 Å². The molecule has 0 spiro atoms. The molecule has 0 atom stereocenters. The number of rotatable bonds is 5. The SMILES string of the molecule is CN1CCN(c2ccc(NNc3ccc(N4CCCCC4)nc3)cn2)CC1. The molecule has 0 unspecified atom stereocenters. The van der Waals surface area contributed by atoms with E-state index in [9.17, 15) is 0 Å². The summed E-state index contributed by atoms with van der Waals surface area (Å²) in [6.45, 7) is 6.47. The number of hydrogen-bond acceptors (Lipinski definition) is 7. The third-order valence-electron chi connectivity index (χ3n) is 5.35. The number of nitrogens with one attached hydrogen (secondary N) is 2. The second kappa shape index (κ2) is 8.43. The zero-order valence-corrected chi connectivity index (χ0v) is 16.1. The van der Waals surface area contributed by atoms with E-state index in [0.29, 0.717) is 0 Å². The quantitative estimate of drug-likeness (QED) is 0.788. The van der Waals surface area contributed by atoms with Crippen molar-refractivity contribution in [2.24, 2.45) is 0 Å². The molecule has 0 aliphatic carbocycles. The van der Waals surface area contributed by atoms with Crippen molar-refractivity contribution in [3.63, 3.8) is 0 Å². The maximum absolute atomic E-state index is 4.60. The van der Waals surface area contributed by atoms with Gasteiger partial charge in [0.15, 0.2) is 0 Å². The Bertz CT molecular complexity index is 702. The van der Waals surface area contributed by atoms with Gasteiger partial charge in [-0.15, -0.1) is 0 Å². The van der Waals surface area contributed by atoms with Crippen LogP contribution in [0.2, 0.25) is 0 Å². The molecule has 2 aromatic heterocycles. The van der Waals surface area contributed by atoms with Crippen molar-refractivity contribution in [3.05, 3.63) is 36.7 Å². The molecule has 2 aromatic rings. The van der Waals surface area contributed by atoms with Crippen LogP contribution in [0.3, 0.4) is 0 Å². The summed E-state index contributed by atoms with van der Waals surface area (Å²) in [7, 11) is 2.16. The Morgan fingerprint density at radius 2 is 1.19 bits per heavy atom. The first-order valence-corrected chi connectivity index (χ1v) is 9.90. The van der Waals surface area contributed by atoms with Gasteiger partial charge in [-0.1, -0.05) is 0 Å². The van der Waals surface area contributed by atoms with Gasteiger partial charge in [0.25, 0.3) is 0 Å². The lowest BCUT2D eigenvalue weighted by molar-refractivity contribution is 0.312. The number of hydrazine groups is 1. The molecule has 4 rings (SSSR count). The Hall–Kier alpha value is -2.54. The van der Waals surface area contributed by atoms with E-state index in [4.69, 9.17) is 0 Å². The monoisotopic (exact) mass is 367 g/mol. The molecule has 2 saturated heterocycles. The van der Waals surface area contributed by atoms with Crippen LogP contribution >= 0.6 is 0 Å². The van der Waals surface area contributed by atoms with Gasteiger partial charge in [0, 0.05) is 39.3 Å². The minimum Gasteiger partial charge on any atom is -0.357 e. The van der Waals surface area contributed by atoms with E-state index in [1.54, 1.807) is 0 Å². The fourth-order valence-corrected chi connectivity index (χ4v) is 3.60. The predicted octanol–water partition coefficient (Wildman–Crippen LogP) is 2.66. The van der Waals surface area contributed by atoms with Gasteiger partial charge in [0.05, 0.1) is 23.8 Å². The van der Waals surface area contributed by atoms with Crippen molar-refractivity contribution in [2.45, 2.75) is 19.3 Å². The highest BCUT2D eigenvalue weighted by Gasteiger charge is 2.15. The highest BCUT2D eigenvalue weighted by Crippen LogP contribution is 2.20. The molecule has 7 heteroatoms. The molecule has 144 valence electrons. The van der Waals surface area contributed by atoms with E-state index in [1.165, 1.54) is 19.3 Å². The van der Waals surface area contributed by atoms with Gasteiger partial charge in [-0.05, 0) is 50.6 Å². The van der Waals surface area contributed by atoms with Crippen LogP contribution in [-0.4, -0.2) is 61.2 Å². The first kappa shape index (κ1) is 17.9. The summed E-state index contributed by atoms with van der Waals surface area (Å²) in [4.78, 5) is 16.2. The van der Waals surface area contributed by atoms with Crippen molar-refractivity contribution in [2.75, 3.05) is 67.0 Å². The van der Waals surface area contributed by atoms with E-state index in [0.717, 1.165) is 62.3 Å². The van der Waals surface area contributed by atoms with Crippen molar-refractivity contribution in [1.82, 2.24) is 14.9 Å². The second-order valence-corrected chi connectivity index (χ2v) is 7.40. The Morgan fingerprint density at radius 3 is 1.67 bits per heavy atom. The number of piperazine rings is 1. The molecule has 2 aliphatic rings. The Balaban J connectivity index is 1.29. The van der Waals surface area contributed by atoms with Crippen LogP contribution in [-0.2, 0) is 0 Å². The van der Waals surface area contributed by atoms with Crippen molar-refractivity contribution in [3.8, 4) is 0 Å². The highest BCUT2D eigenvalue weighted by atomic mass is 15.4. The van der Waals surface area contributed by atoms with Crippen LogP contribution in [0, 0.1) is 0 Å². The predicted molar refractivity (Wildman–Crippen MR) is 111 cm³/mol. The first-order chi connectivity index (χ1) is 13.3. The summed E-state index contributed by atoms with van der Waals surface area (Å²) in [6, 6.07) is 8.29. The van der Waals surface area contributed by atoms with Crippen molar-refractivity contribution >= 4 is 23.0 Å². The standard InChI is InChI=1S/C20H29N7/c1-25-11-13-27(14-12-25)20-8-6-18(16-22-20)24-23-17-5-7-19(21-15-17)26-9-3-2-4-10-26/h5-8,15-16,23-24H,2-4,9-14H2,1H3. The highest BCUT2D eigenvalue weighted by molar-refractivity contribution is 5.55. The summed E-state index contributed by atoms with van der Waals surface area (Å²) in [6.07, 6.45) is 7.61. The van der Waals surface area contributed by atoms with Crippen LogP contribution in [0.1, 0.15) is 19.3 Å². The summed E-state index contributed by atoms with van der Waals surface area (Å²) >= 11 is 0. The molecule has 0 bridgehead atoms. The number of hydrogen-bond donors (Lipinski definition) is 2. The lowest BCUT2D eigenvalue weighted by atomic mass is 10.1. The molecule has 0 saturated carbocycles. The fourth-order valence-electron chi connectivity index (χ4n) is 3.60. The number of nitrogens with zero attached hydrogens (tertiary/aromatic N) is 5. The Kier molecular flexibility index (Phi) is 5.58. The minimum atomic E-state index is 0.938. The Morgan fingerprint density at radius 1 is 0.667 bits per heavy atom. The van der Waals surface area contributed by atoms with Gasteiger partial charge in [-0.25, -0.2) is 9.97 Å². The lowest BCUT2D eigenvalue weighted by Gasteiger charge is -2.33. The van der Waals surface area contributed by atoms with Crippen LogP contribution in [0.25, 0.3) is 0 Å². The maximum atomic E-state index is 4.60. The second-order valence-electron chi connectivity index (χ2n) is 7.40. The zero-order chi connectivity index (χ0) is 18.5. The number of anilines is 4. The van der Waals surface area contributed by atoms with Crippen molar-refractivity contribution < 1.29 is 0 Å². The molecule has 2 fully saturated rings. The van der Waals surface area contributed by atoms with E-state index in [1.807, 2.05) is 12.4 Å². The maximum Gasteiger partial charge on any atom is 0.128 e. The first-order valence-electron chi connectivity index (χ1n) is 9.90. The van der Waals surface area contributed by atoms with Gasteiger partial charge in [-0.2, -0.15) is 0 Å². The summed E-state index contributed by atoms with van der Waals surface area (Å²) in [5, 5.41) is 0. The number of piperidine rings is 1. The van der Waals surface area contributed by atoms with Crippen LogP contribution in [0.15, 0.2) is 36.7 Å². The molecule has 2 N–H and O–H groups in total.